The quantitative estimate of drug-likeness (QED) is 0.516. The molecule has 0 heterocycles. The molecular formula is C25H30ClOP. The van der Waals surface area contributed by atoms with E-state index in [9.17, 15) is 0 Å². The highest BCUT2D eigenvalue weighted by atomic mass is 35.5. The summed E-state index contributed by atoms with van der Waals surface area (Å²) in [6.45, 7) is 7.57. The predicted molar refractivity (Wildman–Crippen MR) is 120 cm³/mol. The average molecular weight is 413 g/mol. The van der Waals surface area contributed by atoms with Gasteiger partial charge in [-0.1, -0.05) is 68.4 Å². The van der Waals surface area contributed by atoms with Crippen LogP contribution in [-0.2, 0) is 4.74 Å². The first-order valence-electron chi connectivity index (χ1n) is 9.83. The molecule has 3 heteroatoms. The number of hydrogen-bond acceptors (Lipinski definition) is 1. The highest BCUT2D eigenvalue weighted by Crippen LogP contribution is 2.59. The van der Waals surface area contributed by atoms with Gasteiger partial charge in [-0.3, -0.25) is 0 Å². The smallest absolute Gasteiger partial charge is 0.178 e. The lowest BCUT2D eigenvalue weighted by Crippen LogP contribution is -3.00. The van der Waals surface area contributed by atoms with Crippen LogP contribution in [0.25, 0.3) is 0 Å². The van der Waals surface area contributed by atoms with Gasteiger partial charge in [0, 0.05) is 0 Å². The van der Waals surface area contributed by atoms with Crippen molar-refractivity contribution in [2.45, 2.75) is 33.0 Å². The fourth-order valence-electron chi connectivity index (χ4n) is 3.65. The Morgan fingerprint density at radius 2 is 1.00 bits per heavy atom. The third-order valence-electron chi connectivity index (χ3n) is 5.09. The normalized spacial score (nSPS) is 12.4. The van der Waals surface area contributed by atoms with Gasteiger partial charge in [0.2, 0.25) is 0 Å². The Hall–Kier alpha value is -1.66. The average Bonchev–Trinajstić information content (AvgIpc) is 2.71. The van der Waals surface area contributed by atoms with Crippen molar-refractivity contribution in [1.82, 2.24) is 0 Å². The van der Waals surface area contributed by atoms with Gasteiger partial charge >= 0.3 is 0 Å². The topological polar surface area (TPSA) is 9.23 Å². The zero-order valence-electron chi connectivity index (χ0n) is 17.0. The number of hydrogen-bond donors (Lipinski definition) is 0. The van der Waals surface area contributed by atoms with E-state index in [0.717, 1.165) is 13.0 Å². The van der Waals surface area contributed by atoms with Crippen molar-refractivity contribution in [2.75, 3.05) is 6.61 Å². The molecule has 0 aliphatic heterocycles. The second kappa shape index (κ2) is 10.8. The summed E-state index contributed by atoms with van der Waals surface area (Å²) in [5.41, 5.74) is 0. The fourth-order valence-corrected chi connectivity index (χ4v) is 8.06. The van der Waals surface area contributed by atoms with Crippen LogP contribution < -0.4 is 28.3 Å². The largest absolute Gasteiger partial charge is 1.00 e. The number of rotatable bonds is 8. The lowest BCUT2D eigenvalue weighted by Gasteiger charge is -2.32. The van der Waals surface area contributed by atoms with Crippen molar-refractivity contribution in [3.8, 4) is 0 Å². The zero-order valence-corrected chi connectivity index (χ0v) is 18.6. The zero-order chi connectivity index (χ0) is 19.1. The molecule has 0 spiro atoms. The van der Waals surface area contributed by atoms with Gasteiger partial charge in [0.05, 0.1) is 6.61 Å². The van der Waals surface area contributed by atoms with Crippen molar-refractivity contribution in [2.24, 2.45) is 5.92 Å². The van der Waals surface area contributed by atoms with Gasteiger partial charge in [0.15, 0.2) is 5.85 Å². The second-order valence-electron chi connectivity index (χ2n) is 7.38. The van der Waals surface area contributed by atoms with Crippen LogP contribution in [0.3, 0.4) is 0 Å². The van der Waals surface area contributed by atoms with E-state index in [1.165, 1.54) is 15.9 Å². The second-order valence-corrected chi connectivity index (χ2v) is 11.1. The van der Waals surface area contributed by atoms with Crippen LogP contribution in [-0.4, -0.2) is 12.5 Å². The van der Waals surface area contributed by atoms with Gasteiger partial charge in [0.1, 0.15) is 23.2 Å². The molecule has 0 saturated carbocycles. The highest BCUT2D eigenvalue weighted by molar-refractivity contribution is 7.96. The van der Waals surface area contributed by atoms with Gasteiger partial charge < -0.3 is 17.1 Å². The molecule has 3 aromatic rings. The summed E-state index contributed by atoms with van der Waals surface area (Å²) in [6.07, 6.45) is 1.09. The van der Waals surface area contributed by atoms with E-state index >= 15 is 0 Å². The van der Waals surface area contributed by atoms with Crippen LogP contribution in [0.15, 0.2) is 91.0 Å². The van der Waals surface area contributed by atoms with Gasteiger partial charge in [-0.05, 0) is 55.7 Å². The Morgan fingerprint density at radius 1 is 0.643 bits per heavy atom. The van der Waals surface area contributed by atoms with Crippen molar-refractivity contribution in [3.05, 3.63) is 91.0 Å². The molecule has 0 aromatic heterocycles. The van der Waals surface area contributed by atoms with Gasteiger partial charge in [0.25, 0.3) is 0 Å². The maximum absolute atomic E-state index is 6.53. The summed E-state index contributed by atoms with van der Waals surface area (Å²) in [6, 6.07) is 32.8. The van der Waals surface area contributed by atoms with Crippen molar-refractivity contribution >= 4 is 23.2 Å². The Balaban J connectivity index is 0.00000280. The SMILES string of the molecule is CC(C)CCOC(C)[P+](c1ccccc1)(c1ccccc1)c1ccccc1.[Cl-]. The molecule has 0 aliphatic rings. The third kappa shape index (κ3) is 4.84. The Kier molecular flexibility index (Phi) is 8.70. The standard InChI is InChI=1S/C25H30OP.ClH/c1-21(2)19-20-26-22(3)27(23-13-7-4-8-14-23,24-15-9-5-10-16-24)25-17-11-6-12-18-25;/h4-18,21-22H,19-20H2,1-3H3;1H/q+1;/p-1. The molecule has 1 atom stereocenters. The van der Waals surface area contributed by atoms with Crippen molar-refractivity contribution < 1.29 is 17.1 Å². The van der Waals surface area contributed by atoms with Crippen LogP contribution in [0.1, 0.15) is 27.2 Å². The molecule has 0 aliphatic carbocycles. The molecule has 148 valence electrons. The van der Waals surface area contributed by atoms with E-state index < -0.39 is 7.26 Å². The molecule has 0 amide bonds. The molecule has 1 unspecified atom stereocenters. The first kappa shape index (κ1) is 22.6. The fraction of sp³-hybridized carbons (Fsp3) is 0.280. The summed E-state index contributed by atoms with van der Waals surface area (Å²) in [4.78, 5) is 0. The van der Waals surface area contributed by atoms with E-state index in [1.807, 2.05) is 0 Å². The van der Waals surface area contributed by atoms with Crippen LogP contribution in [0.5, 0.6) is 0 Å². The first-order chi connectivity index (χ1) is 13.2. The van der Waals surface area contributed by atoms with Gasteiger partial charge in [-0.2, -0.15) is 0 Å². The molecule has 0 bridgehead atoms. The Labute approximate surface area is 176 Å². The maximum atomic E-state index is 6.53. The van der Waals surface area contributed by atoms with E-state index in [1.54, 1.807) is 0 Å². The summed E-state index contributed by atoms with van der Waals surface area (Å²) in [7, 11) is -1.93. The molecule has 1 nitrogen and oxygen atoms in total. The molecule has 0 fully saturated rings. The van der Waals surface area contributed by atoms with Gasteiger partial charge in [-0.25, -0.2) is 0 Å². The first-order valence-corrected chi connectivity index (χ1v) is 11.7. The predicted octanol–water partition coefficient (Wildman–Crippen LogP) is 2.39. The minimum Gasteiger partial charge on any atom is -1.00 e. The molecule has 3 aromatic carbocycles. The molecular weight excluding hydrogens is 383 g/mol. The van der Waals surface area contributed by atoms with E-state index in [0.29, 0.717) is 5.92 Å². The molecule has 0 N–H and O–H groups in total. The molecule has 28 heavy (non-hydrogen) atoms. The van der Waals surface area contributed by atoms with E-state index in [4.69, 9.17) is 4.74 Å². The van der Waals surface area contributed by atoms with Crippen LogP contribution in [0.2, 0.25) is 0 Å². The lowest BCUT2D eigenvalue weighted by atomic mass is 10.1. The Bertz CT molecular complexity index is 709. The van der Waals surface area contributed by atoms with Crippen LogP contribution in [0, 0.1) is 5.92 Å². The molecule has 0 saturated heterocycles. The maximum Gasteiger partial charge on any atom is 0.178 e. The number of benzene rings is 3. The van der Waals surface area contributed by atoms with Crippen LogP contribution >= 0.6 is 7.26 Å². The van der Waals surface area contributed by atoms with Crippen LogP contribution in [0.4, 0.5) is 0 Å². The number of halogens is 1. The highest BCUT2D eigenvalue weighted by Gasteiger charge is 2.51. The molecule has 3 rings (SSSR count). The van der Waals surface area contributed by atoms with Crippen molar-refractivity contribution in [3.63, 3.8) is 0 Å². The monoisotopic (exact) mass is 412 g/mol. The van der Waals surface area contributed by atoms with E-state index in [2.05, 4.69) is 112 Å². The summed E-state index contributed by atoms with van der Waals surface area (Å²) in [5.74, 6) is 0.763. The minimum atomic E-state index is -1.93. The third-order valence-corrected chi connectivity index (χ3v) is 9.67. The Morgan fingerprint density at radius 3 is 1.32 bits per heavy atom. The minimum absolute atomic E-state index is 0. The number of ether oxygens (including phenoxy) is 1. The summed E-state index contributed by atoms with van der Waals surface area (Å²) < 4.78 is 6.53. The summed E-state index contributed by atoms with van der Waals surface area (Å²) in [5, 5.41) is 4.12. The summed E-state index contributed by atoms with van der Waals surface area (Å²) >= 11 is 0. The van der Waals surface area contributed by atoms with E-state index in [-0.39, 0.29) is 18.3 Å². The van der Waals surface area contributed by atoms with Gasteiger partial charge in [-0.15, -0.1) is 0 Å². The van der Waals surface area contributed by atoms with Crippen molar-refractivity contribution in [1.29, 1.82) is 0 Å². The molecule has 0 radical (unpaired) electrons. The lowest BCUT2D eigenvalue weighted by molar-refractivity contribution is -0.00000698.